The average Bonchev–Trinajstić information content (AvgIpc) is 3.43. The van der Waals surface area contributed by atoms with Crippen LogP contribution in [0, 0.1) is 0 Å². The molecular formula is C18H22ClN5O2. The van der Waals surface area contributed by atoms with Gasteiger partial charge in [0.25, 0.3) is 0 Å². The number of amides is 2. The number of aryl methyl sites for hydroxylation is 1. The minimum Gasteiger partial charge on any atom is -0.324 e. The number of anilines is 1. The fourth-order valence-electron chi connectivity index (χ4n) is 3.55. The Hall–Kier alpha value is -2.28. The number of likely N-dealkylation sites (tertiary alicyclic amines) is 1. The number of benzene rings is 1. The maximum atomic E-state index is 12.5. The van der Waals surface area contributed by atoms with Crippen molar-refractivity contribution in [3.8, 4) is 0 Å². The van der Waals surface area contributed by atoms with E-state index < -0.39 is 0 Å². The van der Waals surface area contributed by atoms with Gasteiger partial charge in [0, 0.05) is 32.1 Å². The average molecular weight is 376 g/mol. The summed E-state index contributed by atoms with van der Waals surface area (Å²) in [5, 5.41) is 7.87. The SMILES string of the molecule is Cn1nc(C2CCN(C(=O)Nc3ccccc3Cl)CC2)n(C2CC2)c1=O. The summed E-state index contributed by atoms with van der Waals surface area (Å²) < 4.78 is 3.30. The Kier molecular flexibility index (Phi) is 4.48. The molecule has 1 saturated heterocycles. The third kappa shape index (κ3) is 3.23. The number of carbonyl (C=O) groups excluding carboxylic acids is 1. The molecule has 2 aliphatic rings. The molecule has 138 valence electrons. The highest BCUT2D eigenvalue weighted by molar-refractivity contribution is 6.33. The molecule has 1 aliphatic carbocycles. The minimum atomic E-state index is -0.142. The van der Waals surface area contributed by atoms with Gasteiger partial charge in [-0.15, -0.1) is 0 Å². The van der Waals surface area contributed by atoms with E-state index in [1.807, 2.05) is 16.7 Å². The standard InChI is InChI=1S/C18H22ClN5O2/c1-22-18(26)24(13-6-7-13)16(21-22)12-8-10-23(11-9-12)17(25)20-15-5-3-2-4-14(15)19/h2-5,12-13H,6-11H2,1H3,(H,20,25). The first kappa shape index (κ1) is 17.1. The van der Waals surface area contributed by atoms with E-state index in [0.717, 1.165) is 31.5 Å². The lowest BCUT2D eigenvalue weighted by molar-refractivity contribution is 0.192. The number of nitrogens with zero attached hydrogens (tertiary/aromatic N) is 4. The summed E-state index contributed by atoms with van der Waals surface area (Å²) in [7, 11) is 1.71. The predicted molar refractivity (Wildman–Crippen MR) is 99.8 cm³/mol. The van der Waals surface area contributed by atoms with Crippen molar-refractivity contribution in [3.63, 3.8) is 0 Å². The van der Waals surface area contributed by atoms with Crippen molar-refractivity contribution < 1.29 is 4.79 Å². The smallest absolute Gasteiger partial charge is 0.324 e. The molecule has 0 atom stereocenters. The fourth-order valence-corrected chi connectivity index (χ4v) is 3.73. The lowest BCUT2D eigenvalue weighted by Crippen LogP contribution is -2.41. The molecule has 1 aromatic heterocycles. The number of carbonyl (C=O) groups is 1. The van der Waals surface area contributed by atoms with Gasteiger partial charge in [-0.05, 0) is 37.8 Å². The fraction of sp³-hybridized carbons (Fsp3) is 0.500. The van der Waals surface area contributed by atoms with E-state index in [9.17, 15) is 9.59 Å². The number of para-hydroxylation sites is 1. The van der Waals surface area contributed by atoms with Gasteiger partial charge >= 0.3 is 11.7 Å². The van der Waals surface area contributed by atoms with Gasteiger partial charge < -0.3 is 10.2 Å². The lowest BCUT2D eigenvalue weighted by Gasteiger charge is -2.31. The molecule has 26 heavy (non-hydrogen) atoms. The van der Waals surface area contributed by atoms with E-state index in [1.54, 1.807) is 24.1 Å². The van der Waals surface area contributed by atoms with Gasteiger partial charge in [-0.2, -0.15) is 5.10 Å². The molecule has 2 heterocycles. The van der Waals surface area contributed by atoms with Gasteiger partial charge in [-0.1, -0.05) is 23.7 Å². The summed E-state index contributed by atoms with van der Waals surface area (Å²) in [6.07, 6.45) is 3.72. The van der Waals surface area contributed by atoms with Crippen LogP contribution < -0.4 is 11.0 Å². The first-order valence-corrected chi connectivity index (χ1v) is 9.38. The number of hydrogen-bond acceptors (Lipinski definition) is 3. The maximum Gasteiger partial charge on any atom is 0.345 e. The second kappa shape index (κ2) is 6.79. The Morgan fingerprint density at radius 1 is 1.19 bits per heavy atom. The van der Waals surface area contributed by atoms with Crippen LogP contribution in [0.1, 0.15) is 43.5 Å². The number of piperidine rings is 1. The molecule has 1 saturated carbocycles. The molecule has 2 amide bonds. The van der Waals surface area contributed by atoms with Crippen LogP contribution in [0.25, 0.3) is 0 Å². The number of nitrogens with one attached hydrogen (secondary N) is 1. The molecular weight excluding hydrogens is 354 g/mol. The van der Waals surface area contributed by atoms with Gasteiger partial charge in [0.05, 0.1) is 10.7 Å². The number of hydrogen-bond donors (Lipinski definition) is 1. The van der Waals surface area contributed by atoms with Crippen LogP contribution in [0.5, 0.6) is 0 Å². The van der Waals surface area contributed by atoms with E-state index in [0.29, 0.717) is 29.8 Å². The van der Waals surface area contributed by atoms with Crippen LogP contribution in [-0.2, 0) is 7.05 Å². The van der Waals surface area contributed by atoms with Crippen LogP contribution in [0.15, 0.2) is 29.1 Å². The van der Waals surface area contributed by atoms with Crippen LogP contribution in [0.2, 0.25) is 5.02 Å². The molecule has 0 radical (unpaired) electrons. The van der Waals surface area contributed by atoms with Crippen molar-refractivity contribution in [1.82, 2.24) is 19.2 Å². The van der Waals surface area contributed by atoms with Crippen LogP contribution in [0.3, 0.4) is 0 Å². The van der Waals surface area contributed by atoms with Gasteiger partial charge in [0.1, 0.15) is 5.82 Å². The zero-order chi connectivity index (χ0) is 18.3. The molecule has 7 nitrogen and oxygen atoms in total. The van der Waals surface area contributed by atoms with E-state index in [4.69, 9.17) is 11.6 Å². The molecule has 0 bridgehead atoms. The summed E-state index contributed by atoms with van der Waals surface area (Å²) in [4.78, 5) is 26.6. The lowest BCUT2D eigenvalue weighted by atomic mass is 9.96. The molecule has 1 aliphatic heterocycles. The third-order valence-corrected chi connectivity index (χ3v) is 5.49. The Balaban J connectivity index is 1.42. The summed E-state index contributed by atoms with van der Waals surface area (Å²) in [5.41, 5.74) is 0.593. The molecule has 1 aromatic carbocycles. The summed E-state index contributed by atoms with van der Waals surface area (Å²) in [6.45, 7) is 1.27. The van der Waals surface area contributed by atoms with Crippen molar-refractivity contribution in [2.24, 2.45) is 7.05 Å². The number of aromatic nitrogens is 3. The van der Waals surface area contributed by atoms with Crippen molar-refractivity contribution >= 4 is 23.3 Å². The second-order valence-corrected chi connectivity index (χ2v) is 7.44. The molecule has 0 spiro atoms. The summed E-state index contributed by atoms with van der Waals surface area (Å²) in [6, 6.07) is 7.38. The van der Waals surface area contributed by atoms with E-state index in [1.165, 1.54) is 4.68 Å². The first-order chi connectivity index (χ1) is 12.5. The molecule has 2 aromatic rings. The highest BCUT2D eigenvalue weighted by Crippen LogP contribution is 2.37. The largest absolute Gasteiger partial charge is 0.345 e. The number of urea groups is 1. The van der Waals surface area contributed by atoms with Crippen molar-refractivity contribution in [1.29, 1.82) is 0 Å². The maximum absolute atomic E-state index is 12.5. The Morgan fingerprint density at radius 2 is 1.88 bits per heavy atom. The zero-order valence-electron chi connectivity index (χ0n) is 14.7. The van der Waals surface area contributed by atoms with Crippen LogP contribution in [0.4, 0.5) is 10.5 Å². The van der Waals surface area contributed by atoms with Crippen LogP contribution in [-0.4, -0.2) is 38.4 Å². The van der Waals surface area contributed by atoms with Crippen LogP contribution >= 0.6 is 11.6 Å². The van der Waals surface area contributed by atoms with E-state index in [2.05, 4.69) is 10.4 Å². The normalized spacial score (nSPS) is 18.2. The molecule has 8 heteroatoms. The highest BCUT2D eigenvalue weighted by Gasteiger charge is 2.34. The van der Waals surface area contributed by atoms with Gasteiger partial charge in [0.2, 0.25) is 0 Å². The van der Waals surface area contributed by atoms with Crippen molar-refractivity contribution in [3.05, 3.63) is 45.6 Å². The highest BCUT2D eigenvalue weighted by atomic mass is 35.5. The Morgan fingerprint density at radius 3 is 2.54 bits per heavy atom. The number of halogens is 1. The van der Waals surface area contributed by atoms with Gasteiger partial charge in [0.15, 0.2) is 0 Å². The van der Waals surface area contributed by atoms with Gasteiger partial charge in [-0.25, -0.2) is 14.3 Å². The predicted octanol–water partition coefficient (Wildman–Crippen LogP) is 2.98. The van der Waals surface area contributed by atoms with Crippen molar-refractivity contribution in [2.45, 2.75) is 37.6 Å². The topological polar surface area (TPSA) is 72.2 Å². The molecule has 4 rings (SSSR count). The monoisotopic (exact) mass is 375 g/mol. The number of rotatable bonds is 3. The second-order valence-electron chi connectivity index (χ2n) is 7.04. The summed E-state index contributed by atoms with van der Waals surface area (Å²) >= 11 is 6.10. The summed E-state index contributed by atoms with van der Waals surface area (Å²) in [5.74, 6) is 1.10. The quantitative estimate of drug-likeness (QED) is 0.896. The Labute approximate surface area is 156 Å². The minimum absolute atomic E-state index is 0.0265. The van der Waals surface area contributed by atoms with E-state index in [-0.39, 0.29) is 17.6 Å². The Bertz CT molecular complexity index is 878. The molecule has 2 fully saturated rings. The van der Waals surface area contributed by atoms with E-state index >= 15 is 0 Å². The first-order valence-electron chi connectivity index (χ1n) is 9.00. The van der Waals surface area contributed by atoms with Gasteiger partial charge in [-0.3, -0.25) is 4.57 Å². The third-order valence-electron chi connectivity index (χ3n) is 5.16. The molecule has 1 N–H and O–H groups in total. The van der Waals surface area contributed by atoms with Crippen molar-refractivity contribution in [2.75, 3.05) is 18.4 Å². The molecule has 0 unspecified atom stereocenters. The zero-order valence-corrected chi connectivity index (χ0v) is 15.4.